The van der Waals surface area contributed by atoms with Crippen molar-refractivity contribution in [1.82, 2.24) is 9.88 Å². The van der Waals surface area contributed by atoms with Gasteiger partial charge in [-0.3, -0.25) is 4.90 Å². The molecule has 3 aromatic rings. The third kappa shape index (κ3) is 4.68. The molecule has 0 amide bonds. The van der Waals surface area contributed by atoms with Crippen LogP contribution in [0, 0.1) is 5.82 Å². The number of halogens is 1. The molecule has 1 aromatic heterocycles. The summed E-state index contributed by atoms with van der Waals surface area (Å²) in [6.45, 7) is 5.47. The Labute approximate surface area is 174 Å². The number of para-hydroxylation sites is 1. The van der Waals surface area contributed by atoms with Crippen LogP contribution in [0.1, 0.15) is 16.8 Å². The smallest absolute Gasteiger partial charge is 0.336 e. The van der Waals surface area contributed by atoms with Gasteiger partial charge in [0.15, 0.2) is 0 Å². The highest BCUT2D eigenvalue weighted by Crippen LogP contribution is 2.21. The minimum atomic E-state index is -0.948. The van der Waals surface area contributed by atoms with Crippen molar-refractivity contribution in [2.75, 3.05) is 49.5 Å². The Morgan fingerprint density at radius 3 is 2.53 bits per heavy atom. The number of carbonyl (C=O) groups is 1. The standard InChI is InChI=1S/C23H25FN4O2/c24-17-6-8-18(9-7-17)28-14-12-27(13-15-28)11-3-10-25-22-16-20(23(29)30)19-4-1-2-5-21(19)26-22/h1-2,4-9,16H,3,10-15H2,(H,25,26)(H,29,30). The van der Waals surface area contributed by atoms with Crippen LogP contribution < -0.4 is 10.2 Å². The van der Waals surface area contributed by atoms with Crippen molar-refractivity contribution in [3.05, 3.63) is 66.0 Å². The molecule has 1 aliphatic rings. The lowest BCUT2D eigenvalue weighted by Gasteiger charge is -2.36. The highest BCUT2D eigenvalue weighted by molar-refractivity contribution is 6.03. The second kappa shape index (κ2) is 9.09. The number of pyridine rings is 1. The number of carboxylic acid groups (broad SMARTS) is 1. The number of carboxylic acids is 1. The van der Waals surface area contributed by atoms with Crippen LogP contribution in [-0.4, -0.2) is 60.2 Å². The molecule has 1 saturated heterocycles. The summed E-state index contributed by atoms with van der Waals surface area (Å²) in [6, 6.07) is 15.6. The van der Waals surface area contributed by atoms with Gasteiger partial charge in [0.2, 0.25) is 0 Å². The predicted molar refractivity (Wildman–Crippen MR) is 117 cm³/mol. The molecule has 1 aliphatic heterocycles. The number of rotatable bonds is 7. The molecule has 7 heteroatoms. The maximum atomic E-state index is 13.1. The lowest BCUT2D eigenvalue weighted by Crippen LogP contribution is -2.46. The number of hydrogen-bond donors (Lipinski definition) is 2. The summed E-state index contributed by atoms with van der Waals surface area (Å²) in [7, 11) is 0. The summed E-state index contributed by atoms with van der Waals surface area (Å²) in [5, 5.41) is 13.4. The molecule has 0 unspecified atom stereocenters. The van der Waals surface area contributed by atoms with Crippen LogP contribution in [0.3, 0.4) is 0 Å². The molecule has 156 valence electrons. The fourth-order valence-corrected chi connectivity index (χ4v) is 3.84. The van der Waals surface area contributed by atoms with Crippen LogP contribution in [0.5, 0.6) is 0 Å². The van der Waals surface area contributed by atoms with Gasteiger partial charge in [-0.05, 0) is 49.4 Å². The van der Waals surface area contributed by atoms with E-state index in [-0.39, 0.29) is 11.4 Å². The van der Waals surface area contributed by atoms with E-state index in [4.69, 9.17) is 0 Å². The Kier molecular flexibility index (Phi) is 6.09. The molecule has 4 rings (SSSR count). The first kappa shape index (κ1) is 20.1. The average Bonchev–Trinajstić information content (AvgIpc) is 2.77. The van der Waals surface area contributed by atoms with Gasteiger partial charge >= 0.3 is 5.97 Å². The van der Waals surface area contributed by atoms with Crippen LogP contribution in [0.4, 0.5) is 15.9 Å². The zero-order valence-electron chi connectivity index (χ0n) is 16.7. The monoisotopic (exact) mass is 408 g/mol. The van der Waals surface area contributed by atoms with Gasteiger partial charge in [-0.25, -0.2) is 14.2 Å². The molecule has 1 fully saturated rings. The van der Waals surface area contributed by atoms with E-state index in [9.17, 15) is 14.3 Å². The van der Waals surface area contributed by atoms with E-state index in [0.29, 0.717) is 16.7 Å². The van der Waals surface area contributed by atoms with E-state index in [1.165, 1.54) is 12.1 Å². The lowest BCUT2D eigenvalue weighted by molar-refractivity contribution is 0.0699. The van der Waals surface area contributed by atoms with Gasteiger partial charge in [-0.1, -0.05) is 18.2 Å². The second-order valence-corrected chi connectivity index (χ2v) is 7.46. The van der Waals surface area contributed by atoms with Gasteiger partial charge < -0.3 is 15.3 Å². The van der Waals surface area contributed by atoms with E-state index in [1.54, 1.807) is 12.1 Å². The van der Waals surface area contributed by atoms with Gasteiger partial charge in [-0.2, -0.15) is 0 Å². The molecule has 30 heavy (non-hydrogen) atoms. The molecule has 0 atom stereocenters. The Morgan fingerprint density at radius 2 is 1.80 bits per heavy atom. The second-order valence-electron chi connectivity index (χ2n) is 7.46. The van der Waals surface area contributed by atoms with Crippen molar-refractivity contribution >= 4 is 28.4 Å². The Morgan fingerprint density at radius 1 is 1.07 bits per heavy atom. The molecule has 0 saturated carbocycles. The number of nitrogens with zero attached hydrogens (tertiary/aromatic N) is 3. The third-order valence-corrected chi connectivity index (χ3v) is 5.47. The van der Waals surface area contributed by atoms with Crippen molar-refractivity contribution in [2.45, 2.75) is 6.42 Å². The van der Waals surface area contributed by atoms with E-state index in [1.807, 2.05) is 30.3 Å². The highest BCUT2D eigenvalue weighted by Gasteiger charge is 2.17. The molecule has 0 bridgehead atoms. The third-order valence-electron chi connectivity index (χ3n) is 5.47. The quantitative estimate of drug-likeness (QED) is 0.581. The van der Waals surface area contributed by atoms with Crippen LogP contribution in [0.2, 0.25) is 0 Å². The van der Waals surface area contributed by atoms with Gasteiger partial charge in [-0.15, -0.1) is 0 Å². The molecule has 2 aromatic carbocycles. The normalized spacial score (nSPS) is 14.8. The molecule has 2 N–H and O–H groups in total. The summed E-state index contributed by atoms with van der Waals surface area (Å²) in [4.78, 5) is 20.8. The predicted octanol–water partition coefficient (Wildman–Crippen LogP) is 3.70. The minimum absolute atomic E-state index is 0.207. The van der Waals surface area contributed by atoms with Crippen LogP contribution in [-0.2, 0) is 0 Å². The Bertz CT molecular complexity index is 1020. The first-order chi connectivity index (χ1) is 14.6. The molecule has 0 radical (unpaired) electrons. The zero-order chi connectivity index (χ0) is 20.9. The summed E-state index contributed by atoms with van der Waals surface area (Å²) in [5.41, 5.74) is 2.01. The van der Waals surface area contributed by atoms with Crippen molar-refractivity contribution in [1.29, 1.82) is 0 Å². The van der Waals surface area contributed by atoms with Crippen molar-refractivity contribution in [3.63, 3.8) is 0 Å². The van der Waals surface area contributed by atoms with Gasteiger partial charge in [0.05, 0.1) is 11.1 Å². The summed E-state index contributed by atoms with van der Waals surface area (Å²) in [5.74, 6) is -0.566. The number of benzene rings is 2. The van der Waals surface area contributed by atoms with Crippen LogP contribution in [0.15, 0.2) is 54.6 Å². The first-order valence-electron chi connectivity index (χ1n) is 10.2. The maximum absolute atomic E-state index is 13.1. The first-order valence-corrected chi connectivity index (χ1v) is 10.2. The van der Waals surface area contributed by atoms with Crippen LogP contribution >= 0.6 is 0 Å². The van der Waals surface area contributed by atoms with Crippen molar-refractivity contribution < 1.29 is 14.3 Å². The van der Waals surface area contributed by atoms with Crippen molar-refractivity contribution in [2.24, 2.45) is 0 Å². The number of nitrogens with one attached hydrogen (secondary N) is 1. The molecule has 0 aliphatic carbocycles. The number of anilines is 2. The Balaban J connectivity index is 1.26. The topological polar surface area (TPSA) is 68.7 Å². The van der Waals surface area contributed by atoms with Gasteiger partial charge in [0.25, 0.3) is 0 Å². The van der Waals surface area contributed by atoms with Crippen LogP contribution in [0.25, 0.3) is 10.9 Å². The van der Waals surface area contributed by atoms with E-state index in [0.717, 1.165) is 51.4 Å². The van der Waals surface area contributed by atoms with Gasteiger partial charge in [0, 0.05) is 43.8 Å². The largest absolute Gasteiger partial charge is 0.478 e. The molecule has 6 nitrogen and oxygen atoms in total. The van der Waals surface area contributed by atoms with Crippen molar-refractivity contribution in [3.8, 4) is 0 Å². The fourth-order valence-electron chi connectivity index (χ4n) is 3.84. The molecule has 2 heterocycles. The molecular weight excluding hydrogens is 383 g/mol. The number of aromatic nitrogens is 1. The zero-order valence-corrected chi connectivity index (χ0v) is 16.7. The summed E-state index contributed by atoms with van der Waals surface area (Å²) < 4.78 is 13.1. The molecular formula is C23H25FN4O2. The molecule has 0 spiro atoms. The minimum Gasteiger partial charge on any atom is -0.478 e. The average molecular weight is 408 g/mol. The lowest BCUT2D eigenvalue weighted by atomic mass is 10.1. The summed E-state index contributed by atoms with van der Waals surface area (Å²) in [6.07, 6.45) is 0.938. The summed E-state index contributed by atoms with van der Waals surface area (Å²) >= 11 is 0. The fraction of sp³-hybridized carbons (Fsp3) is 0.304. The highest BCUT2D eigenvalue weighted by atomic mass is 19.1. The Hall–Kier alpha value is -3.19. The SMILES string of the molecule is O=C(O)c1cc(NCCCN2CCN(c3ccc(F)cc3)CC2)nc2ccccc12. The number of fused-ring (bicyclic) bond motifs is 1. The number of piperazine rings is 1. The van der Waals surface area contributed by atoms with E-state index >= 15 is 0 Å². The maximum Gasteiger partial charge on any atom is 0.336 e. The van der Waals surface area contributed by atoms with E-state index in [2.05, 4.69) is 20.1 Å². The van der Waals surface area contributed by atoms with Gasteiger partial charge in [0.1, 0.15) is 11.6 Å². The number of aromatic carboxylic acids is 1. The van der Waals surface area contributed by atoms with E-state index < -0.39 is 5.97 Å². The number of hydrogen-bond acceptors (Lipinski definition) is 5.